The maximum absolute atomic E-state index is 8.68. The number of allylic oxidation sites excluding steroid dienone is 1. The lowest BCUT2D eigenvalue weighted by molar-refractivity contribution is 0.0462. The Balaban J connectivity index is 1.93. The summed E-state index contributed by atoms with van der Waals surface area (Å²) in [6.45, 7) is 7.10. The van der Waals surface area contributed by atoms with Gasteiger partial charge < -0.3 is 4.84 Å². The molecule has 0 aromatic heterocycles. The molecule has 19 heavy (non-hydrogen) atoms. The first-order valence-corrected chi connectivity index (χ1v) is 10.5. The highest BCUT2D eigenvalue weighted by molar-refractivity contribution is 6.78. The summed E-state index contributed by atoms with van der Waals surface area (Å²) in [5, 5.41) is 4.23. The predicted octanol–water partition coefficient (Wildman–Crippen LogP) is 4.07. The van der Waals surface area contributed by atoms with E-state index >= 15 is 0 Å². The quantitative estimate of drug-likeness (QED) is 0.587. The van der Waals surface area contributed by atoms with Crippen molar-refractivity contribution in [3.8, 4) is 0 Å². The number of hydrogen-bond donors (Lipinski definition) is 0. The molecule has 3 heteroatoms. The Bertz CT molecular complexity index is 549. The minimum absolute atomic E-state index is 0.0123. The molecule has 0 spiro atoms. The van der Waals surface area contributed by atoms with E-state index in [2.05, 4.69) is 36.9 Å². The van der Waals surface area contributed by atoms with Crippen molar-refractivity contribution >= 4 is 13.8 Å². The third-order valence-electron chi connectivity index (χ3n) is 3.99. The summed E-state index contributed by atoms with van der Waals surface area (Å²) in [5.41, 5.74) is 2.27. The minimum Gasteiger partial charge on any atom is -0.388 e. The van der Waals surface area contributed by atoms with E-state index in [9.17, 15) is 0 Å². The largest absolute Gasteiger partial charge is 0.388 e. The molecule has 0 unspecified atom stereocenters. The van der Waals surface area contributed by atoms with Crippen LogP contribution in [0.4, 0.5) is 0 Å². The molecule has 2 aliphatic rings. The van der Waals surface area contributed by atoms with E-state index < -0.39 is 8.07 Å². The molecule has 0 fully saturated rings. The van der Waals surface area contributed by atoms with E-state index in [0.717, 1.165) is 11.3 Å². The molecule has 1 aromatic carbocycles. The average Bonchev–Trinajstić information content (AvgIpc) is 2.85. The number of nitrogens with zero attached hydrogens (tertiary/aromatic N) is 1. The predicted molar refractivity (Wildman–Crippen MR) is 82.2 cm³/mol. The van der Waals surface area contributed by atoms with Crippen LogP contribution < -0.4 is 0 Å². The van der Waals surface area contributed by atoms with E-state index in [4.69, 9.17) is 6.21 Å². The highest BCUT2D eigenvalue weighted by atomic mass is 28.3. The zero-order valence-corrected chi connectivity index (χ0v) is 12.7. The van der Waals surface area contributed by atoms with Crippen LogP contribution in [0.3, 0.4) is 0 Å². The lowest BCUT2D eigenvalue weighted by Gasteiger charge is -2.34. The van der Waals surface area contributed by atoms with Crippen molar-refractivity contribution in [3.63, 3.8) is 0 Å². The van der Waals surface area contributed by atoms with E-state index in [1.165, 1.54) is 0 Å². The monoisotopic (exact) mass is 272 g/mol. The third kappa shape index (κ3) is 2.39. The van der Waals surface area contributed by atoms with E-state index in [0.29, 0.717) is 5.54 Å². The van der Waals surface area contributed by atoms with E-state index in [-0.39, 0.29) is 18.4 Å². The minimum atomic E-state index is -1.35. The Morgan fingerprint density at radius 3 is 2.63 bits per heavy atom. The molecule has 0 bridgehead atoms. The van der Waals surface area contributed by atoms with Gasteiger partial charge in [-0.1, -0.05) is 61.2 Å². The Morgan fingerprint density at radius 1 is 1.21 bits per heavy atom. The van der Waals surface area contributed by atoms with Gasteiger partial charge >= 0.3 is 0 Å². The number of fused-ring (bicyclic) bond motifs is 1. The van der Waals surface area contributed by atoms with Crippen molar-refractivity contribution < 1.29 is 6.21 Å². The van der Waals surface area contributed by atoms with Crippen molar-refractivity contribution in [1.82, 2.24) is 0 Å². The van der Waals surface area contributed by atoms with Gasteiger partial charge in [0.2, 0.25) is 0 Å². The first kappa shape index (κ1) is 11.5. The number of oxime groups is 1. The maximum atomic E-state index is 8.68. The van der Waals surface area contributed by atoms with Crippen LogP contribution in [0.1, 0.15) is 13.3 Å². The molecule has 1 heterocycles. The maximum Gasteiger partial charge on any atom is 0.149 e. The molecule has 3 rings (SSSR count). The standard InChI is InChI=1S/C16H21NOSi/c1-19(2,3)16-10-9-15-13(16)11-14(17-18-15)12-7-5-4-6-8-12/h4-10,13,15-16H,11H2,1-3H3/t13-,15-,16-/m0/s1/i11D/t11-,13+,15+,16+/m1. The molecule has 0 radical (unpaired) electrons. The Morgan fingerprint density at radius 2 is 1.95 bits per heavy atom. The molecular formula is C16H21NOSi. The molecule has 100 valence electrons. The van der Waals surface area contributed by atoms with Gasteiger partial charge in [0.15, 0.2) is 0 Å². The summed E-state index contributed by atoms with van der Waals surface area (Å²) >= 11 is 0. The van der Waals surface area contributed by atoms with Crippen LogP contribution in [0.5, 0.6) is 0 Å². The molecule has 4 atom stereocenters. The normalized spacial score (nSPS) is 34.3. The Kier molecular flexibility index (Phi) is 2.80. The Hall–Kier alpha value is -1.35. The van der Waals surface area contributed by atoms with Crippen LogP contribution in [0.15, 0.2) is 47.6 Å². The summed E-state index contributed by atoms with van der Waals surface area (Å²) in [4.78, 5) is 5.67. The summed E-state index contributed by atoms with van der Waals surface area (Å²) < 4.78 is 8.68. The third-order valence-corrected chi connectivity index (χ3v) is 6.57. The zero-order valence-electron chi connectivity index (χ0n) is 12.7. The second kappa shape index (κ2) is 4.64. The zero-order chi connectivity index (χ0) is 14.3. The van der Waals surface area contributed by atoms with Crippen molar-refractivity contribution in [3.05, 3.63) is 48.0 Å². The van der Waals surface area contributed by atoms with Crippen LogP contribution >= 0.6 is 0 Å². The van der Waals surface area contributed by atoms with Crippen molar-refractivity contribution in [1.29, 1.82) is 0 Å². The van der Waals surface area contributed by atoms with Gasteiger partial charge in [0.05, 0.1) is 13.8 Å². The Labute approximate surface area is 117 Å². The fourth-order valence-electron chi connectivity index (χ4n) is 2.95. The molecular weight excluding hydrogens is 250 g/mol. The van der Waals surface area contributed by atoms with Crippen LogP contribution in [-0.2, 0) is 4.84 Å². The SMILES string of the molecule is [2H][C@H]1C(c2ccccc2)=NO[C@H]2C=C[C@H]([Si](C)(C)C)[C@H]21. The highest BCUT2D eigenvalue weighted by Crippen LogP contribution is 2.44. The van der Waals surface area contributed by atoms with Crippen molar-refractivity contribution in [2.75, 3.05) is 0 Å². The molecule has 1 aliphatic heterocycles. The van der Waals surface area contributed by atoms with Gasteiger partial charge in [-0.2, -0.15) is 0 Å². The average molecular weight is 272 g/mol. The lowest BCUT2D eigenvalue weighted by Crippen LogP contribution is -2.37. The molecule has 1 aliphatic carbocycles. The molecule has 0 saturated carbocycles. The lowest BCUT2D eigenvalue weighted by atomic mass is 9.93. The topological polar surface area (TPSA) is 21.6 Å². The molecule has 0 saturated heterocycles. The van der Waals surface area contributed by atoms with Gasteiger partial charge in [-0.05, 0) is 17.2 Å². The second-order valence-corrected chi connectivity index (χ2v) is 11.8. The van der Waals surface area contributed by atoms with Gasteiger partial charge in [-0.25, -0.2) is 0 Å². The highest BCUT2D eigenvalue weighted by Gasteiger charge is 2.43. The molecule has 1 aromatic rings. The summed E-state index contributed by atoms with van der Waals surface area (Å²) in [7, 11) is -1.35. The first-order valence-electron chi connectivity index (χ1n) is 7.46. The first-order chi connectivity index (χ1) is 9.48. The van der Waals surface area contributed by atoms with Crippen molar-refractivity contribution in [2.24, 2.45) is 11.1 Å². The molecule has 0 N–H and O–H groups in total. The van der Waals surface area contributed by atoms with Crippen LogP contribution in [0, 0.1) is 5.92 Å². The summed E-state index contributed by atoms with van der Waals surface area (Å²) in [6, 6.07) is 9.97. The van der Waals surface area contributed by atoms with Gasteiger partial charge in [0.25, 0.3) is 0 Å². The van der Waals surface area contributed by atoms with Gasteiger partial charge in [-0.15, -0.1) is 0 Å². The smallest absolute Gasteiger partial charge is 0.149 e. The summed E-state index contributed by atoms with van der Waals surface area (Å²) in [5.74, 6) is 0.217. The number of benzene rings is 1. The van der Waals surface area contributed by atoms with Gasteiger partial charge in [0, 0.05) is 13.7 Å². The fraction of sp³-hybridized carbons (Fsp3) is 0.438. The van der Waals surface area contributed by atoms with Crippen molar-refractivity contribution in [2.45, 2.75) is 37.7 Å². The number of hydrogen-bond acceptors (Lipinski definition) is 2. The van der Waals surface area contributed by atoms with Crippen LogP contribution in [-0.4, -0.2) is 19.9 Å². The molecule has 0 amide bonds. The van der Waals surface area contributed by atoms with Crippen LogP contribution in [0.2, 0.25) is 25.2 Å². The van der Waals surface area contributed by atoms with Gasteiger partial charge in [-0.3, -0.25) is 0 Å². The molecule has 2 nitrogen and oxygen atoms in total. The number of rotatable bonds is 2. The second-order valence-electron chi connectivity index (χ2n) is 6.43. The summed E-state index contributed by atoms with van der Waals surface area (Å²) in [6.07, 6.45) is 4.07. The van der Waals surface area contributed by atoms with E-state index in [1.807, 2.05) is 30.3 Å². The fourth-order valence-corrected chi connectivity index (χ4v) is 5.08. The van der Waals surface area contributed by atoms with E-state index in [1.54, 1.807) is 0 Å². The van der Waals surface area contributed by atoms with Crippen LogP contribution in [0.25, 0.3) is 0 Å². The van der Waals surface area contributed by atoms with Gasteiger partial charge in [0.1, 0.15) is 6.10 Å².